The number of imide groups is 1. The fraction of sp³-hybridized carbons (Fsp3) is 0.619. The first-order valence-corrected chi connectivity index (χ1v) is 10.5. The molecule has 0 spiro atoms. The summed E-state index contributed by atoms with van der Waals surface area (Å²) in [4.78, 5) is 31.1. The van der Waals surface area contributed by atoms with Crippen molar-refractivity contribution in [3.05, 3.63) is 30.6 Å². The summed E-state index contributed by atoms with van der Waals surface area (Å²) in [5.74, 6) is 1.55. The second-order valence-corrected chi connectivity index (χ2v) is 8.39. The third-order valence-electron chi connectivity index (χ3n) is 6.31. The molecule has 1 aromatic heterocycles. The fourth-order valence-corrected chi connectivity index (χ4v) is 4.91. The second kappa shape index (κ2) is 9.93. The van der Waals surface area contributed by atoms with Crippen LogP contribution in [0.4, 0.5) is 0 Å². The fourth-order valence-electron chi connectivity index (χ4n) is 4.91. The van der Waals surface area contributed by atoms with E-state index in [1.807, 2.05) is 16.9 Å². The van der Waals surface area contributed by atoms with E-state index in [-0.39, 0.29) is 59.5 Å². The lowest BCUT2D eigenvalue weighted by Crippen LogP contribution is -2.41. The van der Waals surface area contributed by atoms with Crippen LogP contribution in [-0.4, -0.2) is 59.1 Å². The summed E-state index contributed by atoms with van der Waals surface area (Å²) in [5, 5.41) is 10.8. The zero-order valence-corrected chi connectivity index (χ0v) is 19.9. The minimum Gasteiger partial charge on any atom is -0.356 e. The van der Waals surface area contributed by atoms with Crippen molar-refractivity contribution in [1.82, 2.24) is 25.3 Å². The van der Waals surface area contributed by atoms with Crippen LogP contribution in [0.3, 0.4) is 0 Å². The third kappa shape index (κ3) is 4.55. The molecule has 1 aromatic rings. The van der Waals surface area contributed by atoms with Gasteiger partial charge in [0.05, 0.1) is 11.8 Å². The van der Waals surface area contributed by atoms with Crippen molar-refractivity contribution in [3.63, 3.8) is 0 Å². The molecule has 2 N–H and O–H groups in total. The Balaban J connectivity index is 0.00000256. The maximum atomic E-state index is 12.7. The number of guanidine groups is 1. The zero-order valence-electron chi connectivity index (χ0n) is 17.5. The van der Waals surface area contributed by atoms with Crippen molar-refractivity contribution in [2.24, 2.45) is 34.6 Å². The van der Waals surface area contributed by atoms with Crippen molar-refractivity contribution in [3.8, 4) is 0 Å². The second-order valence-electron chi connectivity index (χ2n) is 8.39. The van der Waals surface area contributed by atoms with Crippen molar-refractivity contribution >= 4 is 41.8 Å². The van der Waals surface area contributed by atoms with Crippen LogP contribution in [0.25, 0.3) is 0 Å². The van der Waals surface area contributed by atoms with E-state index in [9.17, 15) is 9.59 Å². The molecule has 2 fully saturated rings. The Bertz CT molecular complexity index is 778. The molecule has 9 heteroatoms. The van der Waals surface area contributed by atoms with Crippen LogP contribution in [0.1, 0.15) is 19.8 Å². The standard InChI is InChI=1S/C21H30N6O2.HI/c1-14(13-26-9-4-8-25-26)12-24-21(22-2)23-7-3-10-27-19(28)17-15-5-6-16(11-15)18(17)20(27)29;/h4-6,8-9,14-18H,3,7,10-13H2,1-2H3,(H2,22,23,24);1H. The van der Waals surface area contributed by atoms with Gasteiger partial charge in [0.1, 0.15) is 0 Å². The Hall–Kier alpha value is -1.91. The summed E-state index contributed by atoms with van der Waals surface area (Å²) < 4.78 is 1.92. The highest BCUT2D eigenvalue weighted by Gasteiger charge is 2.58. The number of likely N-dealkylation sites (tertiary alicyclic amines) is 1. The number of carbonyl (C=O) groups excluding carboxylic acids is 2. The Morgan fingerprint density at radius 3 is 2.53 bits per heavy atom. The molecule has 0 radical (unpaired) electrons. The number of rotatable bonds is 8. The van der Waals surface area contributed by atoms with Crippen LogP contribution in [0.2, 0.25) is 0 Å². The first-order valence-electron chi connectivity index (χ1n) is 10.5. The number of nitrogens with one attached hydrogen (secondary N) is 2. The van der Waals surface area contributed by atoms with Crippen LogP contribution in [0, 0.1) is 29.6 Å². The summed E-state index contributed by atoms with van der Waals surface area (Å²) in [6.45, 7) is 4.91. The number of nitrogens with zero attached hydrogens (tertiary/aromatic N) is 4. The van der Waals surface area contributed by atoms with E-state index in [4.69, 9.17) is 0 Å². The van der Waals surface area contributed by atoms with Crippen LogP contribution in [0.15, 0.2) is 35.6 Å². The van der Waals surface area contributed by atoms with E-state index in [0.29, 0.717) is 25.4 Å². The Labute approximate surface area is 194 Å². The van der Waals surface area contributed by atoms with Crippen LogP contribution in [-0.2, 0) is 16.1 Å². The normalized spacial score (nSPS) is 27.9. The molecule has 1 saturated carbocycles. The maximum Gasteiger partial charge on any atom is 0.233 e. The number of aliphatic imine (C=N–C) groups is 1. The van der Waals surface area contributed by atoms with Gasteiger partial charge < -0.3 is 10.6 Å². The molecule has 3 aliphatic rings. The zero-order chi connectivity index (χ0) is 20.4. The summed E-state index contributed by atoms with van der Waals surface area (Å²) in [5.41, 5.74) is 0. The van der Waals surface area contributed by atoms with E-state index in [0.717, 1.165) is 25.5 Å². The van der Waals surface area contributed by atoms with E-state index < -0.39 is 0 Å². The van der Waals surface area contributed by atoms with Gasteiger partial charge in [0, 0.05) is 45.6 Å². The van der Waals surface area contributed by atoms with E-state index in [1.54, 1.807) is 13.2 Å². The molecule has 2 bridgehead atoms. The predicted octanol–water partition coefficient (Wildman–Crippen LogP) is 1.50. The summed E-state index contributed by atoms with van der Waals surface area (Å²) in [6.07, 6.45) is 9.69. The lowest BCUT2D eigenvalue weighted by molar-refractivity contribution is -0.140. The molecule has 5 unspecified atom stereocenters. The number of aromatic nitrogens is 2. The number of hydrogen-bond donors (Lipinski definition) is 2. The van der Waals surface area contributed by atoms with Gasteiger partial charge >= 0.3 is 0 Å². The van der Waals surface area contributed by atoms with Crippen LogP contribution >= 0.6 is 24.0 Å². The van der Waals surface area contributed by atoms with Gasteiger partial charge in [0.2, 0.25) is 11.8 Å². The molecule has 2 amide bonds. The van der Waals surface area contributed by atoms with Crippen LogP contribution < -0.4 is 10.6 Å². The monoisotopic (exact) mass is 526 g/mol. The molecule has 164 valence electrons. The summed E-state index contributed by atoms with van der Waals surface area (Å²) in [6, 6.07) is 1.92. The molecule has 4 rings (SSSR count). The number of fused-ring (bicyclic) bond motifs is 5. The highest BCUT2D eigenvalue weighted by molar-refractivity contribution is 14.0. The molecule has 8 nitrogen and oxygen atoms in total. The lowest BCUT2D eigenvalue weighted by atomic mass is 9.85. The van der Waals surface area contributed by atoms with E-state index in [1.165, 1.54) is 4.90 Å². The number of hydrogen-bond acceptors (Lipinski definition) is 4. The summed E-state index contributed by atoms with van der Waals surface area (Å²) in [7, 11) is 1.74. The van der Waals surface area contributed by atoms with Gasteiger partial charge in [-0.15, -0.1) is 24.0 Å². The van der Waals surface area contributed by atoms with Crippen molar-refractivity contribution < 1.29 is 9.59 Å². The third-order valence-corrected chi connectivity index (χ3v) is 6.31. The predicted molar refractivity (Wildman–Crippen MR) is 125 cm³/mol. The minimum absolute atomic E-state index is 0. The lowest BCUT2D eigenvalue weighted by Gasteiger charge is -2.18. The average Bonchev–Trinajstić information content (AvgIpc) is 3.49. The molecular formula is C21H31IN6O2. The molecule has 30 heavy (non-hydrogen) atoms. The van der Waals surface area contributed by atoms with Gasteiger partial charge in [-0.2, -0.15) is 5.10 Å². The van der Waals surface area contributed by atoms with E-state index in [2.05, 4.69) is 39.8 Å². The van der Waals surface area contributed by atoms with Gasteiger partial charge in [-0.05, 0) is 36.7 Å². The molecule has 1 aliphatic heterocycles. The van der Waals surface area contributed by atoms with Gasteiger partial charge in [0.25, 0.3) is 0 Å². The number of amides is 2. The largest absolute Gasteiger partial charge is 0.356 e. The summed E-state index contributed by atoms with van der Waals surface area (Å²) >= 11 is 0. The van der Waals surface area contributed by atoms with Gasteiger partial charge in [-0.1, -0.05) is 19.1 Å². The quantitative estimate of drug-likeness (QED) is 0.134. The molecule has 1 saturated heterocycles. The Morgan fingerprint density at radius 1 is 1.23 bits per heavy atom. The maximum absolute atomic E-state index is 12.7. The molecule has 2 aliphatic carbocycles. The molecular weight excluding hydrogens is 495 g/mol. The van der Waals surface area contributed by atoms with Crippen molar-refractivity contribution in [2.45, 2.75) is 26.3 Å². The Morgan fingerprint density at radius 2 is 1.93 bits per heavy atom. The molecule has 0 aromatic carbocycles. The first-order chi connectivity index (χ1) is 14.1. The van der Waals surface area contributed by atoms with Gasteiger partial charge in [0.15, 0.2) is 5.96 Å². The highest BCUT2D eigenvalue weighted by Crippen LogP contribution is 2.52. The van der Waals surface area contributed by atoms with Gasteiger partial charge in [-0.3, -0.25) is 24.2 Å². The number of carbonyl (C=O) groups is 2. The SMILES string of the molecule is CN=C(NCCCN1C(=O)C2C3C=CC(C3)C2C1=O)NCC(C)Cn1cccn1.I. The highest BCUT2D eigenvalue weighted by atomic mass is 127. The number of halogens is 1. The smallest absolute Gasteiger partial charge is 0.233 e. The van der Waals surface area contributed by atoms with Gasteiger partial charge in [-0.25, -0.2) is 0 Å². The molecule has 5 atom stereocenters. The number of allylic oxidation sites excluding steroid dienone is 2. The minimum atomic E-state index is -0.101. The topological polar surface area (TPSA) is 91.6 Å². The average molecular weight is 526 g/mol. The van der Waals surface area contributed by atoms with E-state index >= 15 is 0 Å². The first kappa shape index (κ1) is 22.8. The van der Waals surface area contributed by atoms with Crippen LogP contribution in [0.5, 0.6) is 0 Å². The Kier molecular flexibility index (Phi) is 7.54. The molecule has 2 heterocycles. The van der Waals surface area contributed by atoms with Crippen molar-refractivity contribution in [2.75, 3.05) is 26.7 Å². The van der Waals surface area contributed by atoms with Crippen molar-refractivity contribution in [1.29, 1.82) is 0 Å².